The van der Waals surface area contributed by atoms with Crippen LogP contribution in [0.5, 0.6) is 0 Å². The minimum atomic E-state index is -0.415. The smallest absolute Gasteiger partial charge is 0.337 e. The number of benzene rings is 1. The number of amides is 1. The van der Waals surface area contributed by atoms with Crippen LogP contribution < -0.4 is 10.6 Å². The average Bonchev–Trinajstić information content (AvgIpc) is 2.95. The summed E-state index contributed by atoms with van der Waals surface area (Å²) in [5.41, 5.74) is 1.37. The summed E-state index contributed by atoms with van der Waals surface area (Å²) in [7, 11) is 1.32. The van der Waals surface area contributed by atoms with Crippen LogP contribution in [0.15, 0.2) is 29.6 Å². The summed E-state index contributed by atoms with van der Waals surface area (Å²) in [5.74, 6) is -0.708. The maximum absolute atomic E-state index is 12.1. The highest BCUT2D eigenvalue weighted by atomic mass is 32.1. The molecule has 0 aliphatic carbocycles. The molecule has 2 rings (SSSR count). The molecular weight excluding hydrogens is 302 g/mol. The summed E-state index contributed by atoms with van der Waals surface area (Å²) in [6.45, 7) is 4.01. The van der Waals surface area contributed by atoms with Crippen molar-refractivity contribution in [3.8, 4) is 0 Å². The fourth-order valence-electron chi connectivity index (χ4n) is 1.69. The SMILES string of the molecule is COC(=O)c1ccc(NC(=O)c2csc(NC(C)C)n2)cc1. The third kappa shape index (κ3) is 4.05. The van der Waals surface area contributed by atoms with Crippen LogP contribution in [0.4, 0.5) is 10.8 Å². The predicted molar refractivity (Wildman–Crippen MR) is 86.6 cm³/mol. The normalized spacial score (nSPS) is 10.4. The molecule has 0 aliphatic rings. The standard InChI is InChI=1S/C15H17N3O3S/c1-9(2)16-15-18-12(8-22-15)13(19)17-11-6-4-10(5-7-11)14(20)21-3/h4-9H,1-3H3,(H,16,18)(H,17,19). The van der Waals surface area contributed by atoms with Crippen LogP contribution in [-0.4, -0.2) is 30.0 Å². The van der Waals surface area contributed by atoms with E-state index in [2.05, 4.69) is 20.4 Å². The molecule has 22 heavy (non-hydrogen) atoms. The Balaban J connectivity index is 2.02. The minimum Gasteiger partial charge on any atom is -0.465 e. The van der Waals surface area contributed by atoms with Crippen molar-refractivity contribution in [1.82, 2.24) is 4.98 Å². The molecule has 0 aliphatic heterocycles. The van der Waals surface area contributed by atoms with Gasteiger partial charge in [-0.1, -0.05) is 0 Å². The Hall–Kier alpha value is -2.41. The first-order valence-corrected chi connectivity index (χ1v) is 7.59. The third-order valence-corrected chi connectivity index (χ3v) is 3.49. The van der Waals surface area contributed by atoms with Gasteiger partial charge in [0.1, 0.15) is 5.69 Å². The lowest BCUT2D eigenvalue weighted by molar-refractivity contribution is 0.0600. The first-order chi connectivity index (χ1) is 10.5. The zero-order valence-electron chi connectivity index (χ0n) is 12.5. The van der Waals surface area contributed by atoms with E-state index in [1.165, 1.54) is 18.4 Å². The monoisotopic (exact) mass is 319 g/mol. The largest absolute Gasteiger partial charge is 0.465 e. The van der Waals surface area contributed by atoms with E-state index < -0.39 is 5.97 Å². The summed E-state index contributed by atoms with van der Waals surface area (Å²) in [6.07, 6.45) is 0. The van der Waals surface area contributed by atoms with Gasteiger partial charge >= 0.3 is 5.97 Å². The number of esters is 1. The van der Waals surface area contributed by atoms with E-state index in [0.717, 1.165) is 0 Å². The number of carbonyl (C=O) groups excluding carboxylic acids is 2. The van der Waals surface area contributed by atoms with Crippen molar-refractivity contribution in [3.05, 3.63) is 40.9 Å². The van der Waals surface area contributed by atoms with Crippen LogP contribution in [0, 0.1) is 0 Å². The number of aromatic nitrogens is 1. The Bertz CT molecular complexity index is 665. The van der Waals surface area contributed by atoms with Gasteiger partial charge in [0.15, 0.2) is 5.13 Å². The van der Waals surface area contributed by atoms with Crippen molar-refractivity contribution < 1.29 is 14.3 Å². The fourth-order valence-corrected chi connectivity index (χ4v) is 2.53. The molecule has 6 nitrogen and oxygen atoms in total. The lowest BCUT2D eigenvalue weighted by Gasteiger charge is -2.05. The molecule has 0 unspecified atom stereocenters. The minimum absolute atomic E-state index is 0.257. The molecule has 2 N–H and O–H groups in total. The number of nitrogens with zero attached hydrogens (tertiary/aromatic N) is 1. The van der Waals surface area contributed by atoms with Crippen LogP contribution in [0.2, 0.25) is 0 Å². The van der Waals surface area contributed by atoms with Crippen molar-refractivity contribution >= 4 is 34.0 Å². The number of ether oxygens (including phenoxy) is 1. The number of carbonyl (C=O) groups is 2. The molecule has 1 aromatic heterocycles. The van der Waals surface area contributed by atoms with E-state index in [4.69, 9.17) is 0 Å². The molecule has 0 radical (unpaired) electrons. The highest BCUT2D eigenvalue weighted by molar-refractivity contribution is 7.13. The summed E-state index contributed by atoms with van der Waals surface area (Å²) in [4.78, 5) is 27.7. The van der Waals surface area contributed by atoms with Crippen molar-refractivity contribution in [2.24, 2.45) is 0 Å². The second kappa shape index (κ2) is 7.04. The molecule has 0 saturated heterocycles. The highest BCUT2D eigenvalue weighted by Crippen LogP contribution is 2.18. The molecule has 0 atom stereocenters. The third-order valence-electron chi connectivity index (χ3n) is 2.71. The molecule has 116 valence electrons. The van der Waals surface area contributed by atoms with Gasteiger partial charge < -0.3 is 15.4 Å². The fraction of sp³-hybridized carbons (Fsp3) is 0.267. The number of rotatable bonds is 5. The summed E-state index contributed by atoms with van der Waals surface area (Å²) >= 11 is 1.38. The molecular formula is C15H17N3O3S. The molecule has 0 spiro atoms. The molecule has 2 aromatic rings. The summed E-state index contributed by atoms with van der Waals surface area (Å²) in [6, 6.07) is 6.73. The molecule has 1 aromatic carbocycles. The van der Waals surface area contributed by atoms with Gasteiger partial charge in [-0.3, -0.25) is 4.79 Å². The van der Waals surface area contributed by atoms with Gasteiger partial charge in [-0.25, -0.2) is 9.78 Å². The van der Waals surface area contributed by atoms with Crippen molar-refractivity contribution in [2.45, 2.75) is 19.9 Å². The number of thiazole rings is 1. The van der Waals surface area contributed by atoms with Gasteiger partial charge in [-0.05, 0) is 38.1 Å². The number of nitrogens with one attached hydrogen (secondary N) is 2. The van der Waals surface area contributed by atoms with Gasteiger partial charge in [-0.2, -0.15) is 0 Å². The quantitative estimate of drug-likeness (QED) is 0.828. The van der Waals surface area contributed by atoms with Crippen LogP contribution in [0.25, 0.3) is 0 Å². The zero-order chi connectivity index (χ0) is 16.1. The average molecular weight is 319 g/mol. The number of hydrogen-bond donors (Lipinski definition) is 2. The van der Waals surface area contributed by atoms with Crippen LogP contribution in [-0.2, 0) is 4.74 Å². The molecule has 7 heteroatoms. The Labute approximate surface area is 132 Å². The van der Waals surface area contributed by atoms with E-state index in [1.807, 2.05) is 13.8 Å². The van der Waals surface area contributed by atoms with E-state index in [1.54, 1.807) is 29.6 Å². The van der Waals surface area contributed by atoms with Gasteiger partial charge in [0.05, 0.1) is 12.7 Å². The first-order valence-electron chi connectivity index (χ1n) is 6.71. The van der Waals surface area contributed by atoms with Crippen molar-refractivity contribution in [3.63, 3.8) is 0 Å². The maximum atomic E-state index is 12.1. The number of hydrogen-bond acceptors (Lipinski definition) is 6. The number of anilines is 2. The molecule has 1 heterocycles. The second-order valence-corrected chi connectivity index (χ2v) is 5.72. The van der Waals surface area contributed by atoms with Crippen LogP contribution in [0.3, 0.4) is 0 Å². The Morgan fingerprint density at radius 1 is 1.23 bits per heavy atom. The Morgan fingerprint density at radius 3 is 2.50 bits per heavy atom. The maximum Gasteiger partial charge on any atom is 0.337 e. The van der Waals surface area contributed by atoms with Gasteiger partial charge in [0.25, 0.3) is 5.91 Å². The van der Waals surface area contributed by atoms with Gasteiger partial charge in [0.2, 0.25) is 0 Å². The highest BCUT2D eigenvalue weighted by Gasteiger charge is 2.12. The van der Waals surface area contributed by atoms with E-state index in [9.17, 15) is 9.59 Å². The Kier molecular flexibility index (Phi) is 5.11. The molecule has 0 fully saturated rings. The Morgan fingerprint density at radius 2 is 1.91 bits per heavy atom. The first kappa shape index (κ1) is 16.0. The number of methoxy groups -OCH3 is 1. The molecule has 1 amide bonds. The van der Waals surface area contributed by atoms with E-state index >= 15 is 0 Å². The topological polar surface area (TPSA) is 80.3 Å². The lowest BCUT2D eigenvalue weighted by atomic mass is 10.2. The predicted octanol–water partition coefficient (Wildman–Crippen LogP) is 3.00. The van der Waals surface area contributed by atoms with Gasteiger partial charge in [-0.15, -0.1) is 11.3 Å². The zero-order valence-corrected chi connectivity index (χ0v) is 13.4. The molecule has 0 bridgehead atoms. The second-order valence-electron chi connectivity index (χ2n) is 4.86. The summed E-state index contributed by atoms with van der Waals surface area (Å²) < 4.78 is 4.62. The van der Waals surface area contributed by atoms with Crippen molar-refractivity contribution in [1.29, 1.82) is 0 Å². The van der Waals surface area contributed by atoms with E-state index in [-0.39, 0.29) is 11.9 Å². The van der Waals surface area contributed by atoms with Crippen LogP contribution >= 0.6 is 11.3 Å². The van der Waals surface area contributed by atoms with Crippen LogP contribution in [0.1, 0.15) is 34.7 Å². The van der Waals surface area contributed by atoms with E-state index in [0.29, 0.717) is 22.1 Å². The summed E-state index contributed by atoms with van der Waals surface area (Å²) in [5, 5.41) is 8.29. The molecule has 0 saturated carbocycles. The van der Waals surface area contributed by atoms with Gasteiger partial charge in [0, 0.05) is 17.1 Å². The lowest BCUT2D eigenvalue weighted by Crippen LogP contribution is -2.14. The van der Waals surface area contributed by atoms with Crippen molar-refractivity contribution in [2.75, 3.05) is 17.7 Å².